The zero-order chi connectivity index (χ0) is 14.5. The summed E-state index contributed by atoms with van der Waals surface area (Å²) in [5.41, 5.74) is -0.444. The van der Waals surface area contributed by atoms with Crippen molar-refractivity contribution in [1.29, 1.82) is 0 Å². The first-order valence-corrected chi connectivity index (χ1v) is 6.09. The summed E-state index contributed by atoms with van der Waals surface area (Å²) in [5.74, 6) is 0. The fraction of sp³-hybridized carbons (Fsp3) is 0.583. The highest BCUT2D eigenvalue weighted by molar-refractivity contribution is 5.76. The van der Waals surface area contributed by atoms with Gasteiger partial charge in [-0.25, -0.2) is 14.6 Å². The molecule has 7 nitrogen and oxygen atoms in total. The van der Waals surface area contributed by atoms with Crippen LogP contribution in [-0.2, 0) is 0 Å². The number of carboxylic acid groups (broad SMARTS) is 1. The first kappa shape index (κ1) is 15.0. The quantitative estimate of drug-likeness (QED) is 0.812. The highest BCUT2D eigenvalue weighted by Gasteiger charge is 2.25. The van der Waals surface area contributed by atoms with Crippen molar-refractivity contribution in [3.8, 4) is 0 Å². The summed E-state index contributed by atoms with van der Waals surface area (Å²) in [6.45, 7) is 6.31. The zero-order valence-electron chi connectivity index (χ0n) is 11.5. The van der Waals surface area contributed by atoms with Gasteiger partial charge in [0.2, 0.25) is 0 Å². The molecule has 7 heteroatoms. The Morgan fingerprint density at radius 1 is 1.42 bits per heavy atom. The van der Waals surface area contributed by atoms with Gasteiger partial charge in [-0.05, 0) is 27.2 Å². The van der Waals surface area contributed by atoms with Crippen LogP contribution in [0.25, 0.3) is 0 Å². The van der Waals surface area contributed by atoms with Crippen LogP contribution in [0.1, 0.15) is 27.2 Å². The second-order valence-electron chi connectivity index (χ2n) is 5.16. The van der Waals surface area contributed by atoms with Crippen LogP contribution in [0.3, 0.4) is 0 Å². The molecule has 0 saturated heterocycles. The fourth-order valence-electron chi connectivity index (χ4n) is 1.62. The van der Waals surface area contributed by atoms with E-state index in [4.69, 9.17) is 5.11 Å². The molecule has 19 heavy (non-hydrogen) atoms. The largest absolute Gasteiger partial charge is 0.465 e. The van der Waals surface area contributed by atoms with Gasteiger partial charge in [0.05, 0.1) is 0 Å². The molecular weight excluding hydrogens is 248 g/mol. The minimum absolute atomic E-state index is 0.268. The molecule has 0 unspecified atom stereocenters. The summed E-state index contributed by atoms with van der Waals surface area (Å²) in [6.07, 6.45) is 4.09. The number of nitrogens with zero attached hydrogens (tertiary/aromatic N) is 3. The predicted octanol–water partition coefficient (Wildman–Crippen LogP) is 1.61. The van der Waals surface area contributed by atoms with Crippen LogP contribution >= 0.6 is 0 Å². The molecule has 0 fully saturated rings. The number of imidazole rings is 1. The van der Waals surface area contributed by atoms with E-state index in [-0.39, 0.29) is 6.03 Å². The van der Waals surface area contributed by atoms with Gasteiger partial charge in [0, 0.05) is 31.0 Å². The third kappa shape index (κ3) is 4.61. The third-order valence-electron chi connectivity index (χ3n) is 2.61. The van der Waals surface area contributed by atoms with Gasteiger partial charge in [-0.1, -0.05) is 0 Å². The number of hydrogen-bond donors (Lipinski definition) is 2. The van der Waals surface area contributed by atoms with Crippen molar-refractivity contribution in [2.75, 3.05) is 13.1 Å². The molecule has 1 aromatic rings. The Kier molecular flexibility index (Phi) is 4.91. The second kappa shape index (κ2) is 6.21. The number of hydrogen-bond acceptors (Lipinski definition) is 3. The Hall–Kier alpha value is -2.05. The summed E-state index contributed by atoms with van der Waals surface area (Å²) in [7, 11) is 0. The molecule has 0 atom stereocenters. The molecule has 0 spiro atoms. The summed E-state index contributed by atoms with van der Waals surface area (Å²) >= 11 is 0. The lowest BCUT2D eigenvalue weighted by molar-refractivity contribution is 0.0997. The standard InChI is InChI=1S/C12H20N4O3/c1-12(2,3)16(11(18)19)7-4-5-14-10(17)15-8-6-13-9-15/h6,8-9H,4-5,7H2,1-3H3,(H,14,17)(H,18,19). The molecule has 2 N–H and O–H groups in total. The molecule has 0 bridgehead atoms. The third-order valence-corrected chi connectivity index (χ3v) is 2.61. The van der Waals surface area contributed by atoms with Crippen molar-refractivity contribution in [3.05, 3.63) is 18.7 Å². The van der Waals surface area contributed by atoms with Crippen molar-refractivity contribution in [2.45, 2.75) is 32.7 Å². The van der Waals surface area contributed by atoms with E-state index in [0.717, 1.165) is 0 Å². The summed E-state index contributed by atoms with van der Waals surface area (Å²) < 4.78 is 1.33. The van der Waals surface area contributed by atoms with Crippen molar-refractivity contribution in [3.63, 3.8) is 0 Å². The first-order valence-electron chi connectivity index (χ1n) is 6.09. The van der Waals surface area contributed by atoms with E-state index in [2.05, 4.69) is 10.3 Å². The van der Waals surface area contributed by atoms with E-state index in [1.54, 1.807) is 6.20 Å². The molecule has 2 amide bonds. The molecule has 0 aromatic carbocycles. The molecule has 106 valence electrons. The zero-order valence-corrected chi connectivity index (χ0v) is 11.5. The number of carbonyl (C=O) groups is 2. The molecule has 0 radical (unpaired) electrons. The van der Waals surface area contributed by atoms with Crippen molar-refractivity contribution in [1.82, 2.24) is 19.8 Å². The van der Waals surface area contributed by atoms with Crippen LogP contribution < -0.4 is 5.32 Å². The molecule has 0 aliphatic rings. The normalized spacial score (nSPS) is 11.1. The lowest BCUT2D eigenvalue weighted by Crippen LogP contribution is -2.46. The van der Waals surface area contributed by atoms with Crippen molar-refractivity contribution >= 4 is 12.1 Å². The lowest BCUT2D eigenvalue weighted by Gasteiger charge is -2.33. The van der Waals surface area contributed by atoms with Crippen LogP contribution in [0, 0.1) is 0 Å². The maximum atomic E-state index is 11.6. The molecule has 0 aliphatic carbocycles. The fourth-order valence-corrected chi connectivity index (χ4v) is 1.62. The molecule has 1 rings (SSSR count). The lowest BCUT2D eigenvalue weighted by atomic mass is 10.1. The van der Waals surface area contributed by atoms with E-state index in [1.807, 2.05) is 20.8 Å². The molecule has 0 saturated carbocycles. The average molecular weight is 268 g/mol. The molecular formula is C12H20N4O3. The van der Waals surface area contributed by atoms with Crippen LogP contribution in [0.5, 0.6) is 0 Å². The number of aromatic nitrogens is 2. The Labute approximate surface area is 112 Å². The van der Waals surface area contributed by atoms with Gasteiger partial charge < -0.3 is 15.3 Å². The van der Waals surface area contributed by atoms with Gasteiger partial charge in [-0.2, -0.15) is 0 Å². The highest BCUT2D eigenvalue weighted by atomic mass is 16.4. The second-order valence-corrected chi connectivity index (χ2v) is 5.16. The maximum Gasteiger partial charge on any atom is 0.407 e. The Morgan fingerprint density at radius 3 is 2.58 bits per heavy atom. The van der Waals surface area contributed by atoms with Crippen molar-refractivity contribution < 1.29 is 14.7 Å². The van der Waals surface area contributed by atoms with Crippen LogP contribution in [0.2, 0.25) is 0 Å². The number of nitrogens with one attached hydrogen (secondary N) is 1. The number of amides is 2. The van der Waals surface area contributed by atoms with E-state index in [9.17, 15) is 9.59 Å². The average Bonchev–Trinajstić information content (AvgIpc) is 2.79. The highest BCUT2D eigenvalue weighted by Crippen LogP contribution is 2.13. The molecule has 0 aliphatic heterocycles. The predicted molar refractivity (Wildman–Crippen MR) is 70.1 cm³/mol. The smallest absolute Gasteiger partial charge is 0.407 e. The van der Waals surface area contributed by atoms with E-state index < -0.39 is 11.6 Å². The number of carbonyl (C=O) groups excluding carboxylic acids is 1. The Morgan fingerprint density at radius 2 is 2.11 bits per heavy atom. The Balaban J connectivity index is 2.34. The minimum atomic E-state index is -0.951. The van der Waals surface area contributed by atoms with E-state index >= 15 is 0 Å². The van der Waals surface area contributed by atoms with Gasteiger partial charge in [0.1, 0.15) is 6.33 Å². The summed E-state index contributed by atoms with van der Waals surface area (Å²) in [5, 5.41) is 11.8. The SMILES string of the molecule is CC(C)(C)N(CCCNC(=O)n1ccnc1)C(=O)O. The first-order chi connectivity index (χ1) is 8.82. The summed E-state index contributed by atoms with van der Waals surface area (Å²) in [4.78, 5) is 27.8. The number of rotatable bonds is 4. The van der Waals surface area contributed by atoms with Gasteiger partial charge in [0.25, 0.3) is 0 Å². The monoisotopic (exact) mass is 268 g/mol. The molecule has 1 aromatic heterocycles. The van der Waals surface area contributed by atoms with Crippen LogP contribution in [-0.4, -0.2) is 50.3 Å². The van der Waals surface area contributed by atoms with Crippen molar-refractivity contribution in [2.24, 2.45) is 0 Å². The van der Waals surface area contributed by atoms with E-state index in [0.29, 0.717) is 19.5 Å². The molecule has 1 heterocycles. The topological polar surface area (TPSA) is 87.5 Å². The minimum Gasteiger partial charge on any atom is -0.465 e. The van der Waals surface area contributed by atoms with Gasteiger partial charge >= 0.3 is 12.1 Å². The van der Waals surface area contributed by atoms with E-state index in [1.165, 1.54) is 22.0 Å². The summed E-state index contributed by atoms with van der Waals surface area (Å²) in [6, 6.07) is -0.268. The Bertz CT molecular complexity index is 423. The van der Waals surface area contributed by atoms with Gasteiger partial charge in [0.15, 0.2) is 0 Å². The van der Waals surface area contributed by atoms with Gasteiger partial charge in [-0.15, -0.1) is 0 Å². The van der Waals surface area contributed by atoms with Crippen LogP contribution in [0.4, 0.5) is 9.59 Å². The van der Waals surface area contributed by atoms with Gasteiger partial charge in [-0.3, -0.25) is 4.57 Å². The maximum absolute atomic E-state index is 11.6. The van der Waals surface area contributed by atoms with Crippen LogP contribution in [0.15, 0.2) is 18.7 Å².